The topological polar surface area (TPSA) is 105 Å². The van der Waals surface area contributed by atoms with Gasteiger partial charge in [0.2, 0.25) is 0 Å². The number of carboxylic acids is 1. The number of carbonyl (C=O) groups is 3. The molecule has 0 saturated heterocycles. The first kappa shape index (κ1) is 31.0. The van der Waals surface area contributed by atoms with Crippen molar-refractivity contribution in [2.45, 2.75) is 95.4 Å². The molecule has 5 rings (SSSR count). The molecule has 42 heavy (non-hydrogen) atoms. The van der Waals surface area contributed by atoms with E-state index in [0.717, 1.165) is 10.9 Å². The molecule has 1 aromatic heterocycles. The van der Waals surface area contributed by atoms with Crippen LogP contribution in [0.5, 0.6) is 0 Å². The Kier molecular flexibility index (Phi) is 7.65. The van der Waals surface area contributed by atoms with Gasteiger partial charge in [-0.15, -0.1) is 11.6 Å². The summed E-state index contributed by atoms with van der Waals surface area (Å²) >= 11 is 12.8. The number of dihydropyridines is 1. The zero-order valence-electron chi connectivity index (χ0n) is 23.9. The van der Waals surface area contributed by atoms with E-state index in [-0.39, 0.29) is 36.1 Å². The maximum atomic E-state index is 14.6. The SMILES string of the molecule is CC1N=CC(Cl)=CC1(Cl)C(=O)CN(C(=O)c1cnn([C@H]2CC[C@](C)(C(=O)O)CC2)c1C(F)(F)F)[C@@H]1C[C@@H]2[C@H](C1)C2(C)C. The fraction of sp³-hybridized carbons (Fsp3) is 0.690. The van der Waals surface area contributed by atoms with Gasteiger partial charge in [0, 0.05) is 12.3 Å². The Balaban J connectivity index is 1.47. The maximum Gasteiger partial charge on any atom is 0.433 e. The molecule has 1 N–H and O–H groups in total. The van der Waals surface area contributed by atoms with Crippen LogP contribution in [0.1, 0.15) is 88.3 Å². The Labute approximate surface area is 252 Å². The normalized spacial score (nSPS) is 35.4. The summed E-state index contributed by atoms with van der Waals surface area (Å²) < 4.78 is 44.6. The van der Waals surface area contributed by atoms with E-state index in [4.69, 9.17) is 23.2 Å². The molecule has 8 nitrogen and oxygen atoms in total. The van der Waals surface area contributed by atoms with Crippen molar-refractivity contribution in [1.82, 2.24) is 14.7 Å². The van der Waals surface area contributed by atoms with E-state index in [2.05, 4.69) is 23.9 Å². The minimum Gasteiger partial charge on any atom is -0.481 e. The molecule has 3 saturated carbocycles. The Morgan fingerprint density at radius 2 is 1.74 bits per heavy atom. The number of aliphatic imine (C=N–C) groups is 1. The second-order valence-electron chi connectivity index (χ2n) is 13.2. The van der Waals surface area contributed by atoms with Crippen LogP contribution in [0.3, 0.4) is 0 Å². The molecule has 2 heterocycles. The van der Waals surface area contributed by atoms with Gasteiger partial charge in [0.05, 0.1) is 40.8 Å². The Morgan fingerprint density at radius 1 is 1.14 bits per heavy atom. The highest BCUT2D eigenvalue weighted by molar-refractivity contribution is 6.44. The first-order valence-electron chi connectivity index (χ1n) is 14.2. The highest BCUT2D eigenvalue weighted by atomic mass is 35.5. The van der Waals surface area contributed by atoms with Crippen molar-refractivity contribution in [2.24, 2.45) is 27.7 Å². The molecule has 1 aromatic rings. The molecule has 0 bridgehead atoms. The summed E-state index contributed by atoms with van der Waals surface area (Å²) in [6, 6.07) is -1.86. The molecule has 3 fully saturated rings. The van der Waals surface area contributed by atoms with Crippen LogP contribution in [-0.4, -0.2) is 67.2 Å². The molecule has 0 radical (unpaired) electrons. The second kappa shape index (κ2) is 10.4. The lowest BCUT2D eigenvalue weighted by atomic mass is 9.74. The Morgan fingerprint density at radius 3 is 2.29 bits per heavy atom. The summed E-state index contributed by atoms with van der Waals surface area (Å²) in [7, 11) is 0. The number of amides is 1. The molecule has 230 valence electrons. The van der Waals surface area contributed by atoms with Gasteiger partial charge >= 0.3 is 12.1 Å². The van der Waals surface area contributed by atoms with E-state index in [9.17, 15) is 32.7 Å². The van der Waals surface area contributed by atoms with Gasteiger partial charge in [0.1, 0.15) is 4.87 Å². The predicted molar refractivity (Wildman–Crippen MR) is 151 cm³/mol. The second-order valence-corrected chi connectivity index (χ2v) is 14.3. The Hall–Kier alpha value is -2.40. The fourth-order valence-electron chi connectivity index (χ4n) is 7.27. The number of allylic oxidation sites excluding steroid dienone is 1. The van der Waals surface area contributed by atoms with Gasteiger partial charge in [-0.25, -0.2) is 0 Å². The molecule has 1 amide bonds. The molecule has 1 aliphatic heterocycles. The van der Waals surface area contributed by atoms with Gasteiger partial charge in [-0.05, 0) is 75.7 Å². The molecule has 5 atom stereocenters. The lowest BCUT2D eigenvalue weighted by Gasteiger charge is -2.36. The van der Waals surface area contributed by atoms with Gasteiger partial charge in [0.25, 0.3) is 5.91 Å². The largest absolute Gasteiger partial charge is 0.481 e. The van der Waals surface area contributed by atoms with Crippen molar-refractivity contribution >= 4 is 47.1 Å². The zero-order chi connectivity index (χ0) is 31.0. The third-order valence-electron chi connectivity index (χ3n) is 10.4. The van der Waals surface area contributed by atoms with Gasteiger partial charge in [0.15, 0.2) is 11.5 Å². The summed E-state index contributed by atoms with van der Waals surface area (Å²) in [5.74, 6) is -1.89. The van der Waals surface area contributed by atoms with Gasteiger partial charge in [-0.2, -0.15) is 18.3 Å². The highest BCUT2D eigenvalue weighted by Crippen LogP contribution is 2.67. The number of halogens is 5. The number of carbonyl (C=O) groups excluding carboxylic acids is 2. The molecular weight excluding hydrogens is 596 g/mol. The molecule has 0 aromatic carbocycles. The lowest BCUT2D eigenvalue weighted by Crippen LogP contribution is -2.51. The lowest BCUT2D eigenvalue weighted by molar-refractivity contribution is -0.152. The Bertz CT molecular complexity index is 1350. The summed E-state index contributed by atoms with van der Waals surface area (Å²) in [6.45, 7) is 6.97. The summed E-state index contributed by atoms with van der Waals surface area (Å²) in [6.07, 6.45) is 0.604. The molecular formula is C29H35Cl2F3N4O4. The van der Waals surface area contributed by atoms with E-state index < -0.39 is 70.1 Å². The number of hydrogen-bond acceptors (Lipinski definition) is 5. The summed E-state index contributed by atoms with van der Waals surface area (Å²) in [4.78, 5) is 43.1. The minimum absolute atomic E-state index is 0.0826. The number of alkyl halides is 4. The molecule has 13 heteroatoms. The third-order valence-corrected chi connectivity index (χ3v) is 11.2. The average Bonchev–Trinajstić information content (AvgIpc) is 3.33. The van der Waals surface area contributed by atoms with Gasteiger partial charge in [-0.1, -0.05) is 25.4 Å². The van der Waals surface area contributed by atoms with E-state index in [1.165, 1.54) is 17.2 Å². The number of carboxylic acid groups (broad SMARTS) is 1. The number of Topliss-reactive ketones (excluding diaryl/α,β-unsaturated/α-hetero) is 1. The van der Waals surface area contributed by atoms with E-state index in [0.29, 0.717) is 24.7 Å². The number of aliphatic carboxylic acids is 1. The van der Waals surface area contributed by atoms with E-state index >= 15 is 0 Å². The maximum absolute atomic E-state index is 14.6. The van der Waals surface area contributed by atoms with E-state index in [1.54, 1.807) is 13.8 Å². The van der Waals surface area contributed by atoms with Crippen molar-refractivity contribution < 1.29 is 32.7 Å². The average molecular weight is 632 g/mol. The fourth-order valence-corrected chi connectivity index (χ4v) is 7.79. The smallest absolute Gasteiger partial charge is 0.433 e. The molecule has 4 aliphatic rings. The molecule has 2 unspecified atom stereocenters. The molecule has 3 aliphatic carbocycles. The van der Waals surface area contributed by atoms with Crippen molar-refractivity contribution in [2.75, 3.05) is 6.54 Å². The number of hydrogen-bond donors (Lipinski definition) is 1. The summed E-state index contributed by atoms with van der Waals surface area (Å²) in [5, 5.41) is 13.7. The van der Waals surface area contributed by atoms with Crippen molar-refractivity contribution in [1.29, 1.82) is 0 Å². The van der Waals surface area contributed by atoms with Crippen LogP contribution < -0.4 is 0 Å². The highest BCUT2D eigenvalue weighted by Gasteiger charge is 2.63. The van der Waals surface area contributed by atoms with Gasteiger partial charge < -0.3 is 10.0 Å². The van der Waals surface area contributed by atoms with Gasteiger partial charge in [-0.3, -0.25) is 24.1 Å². The number of ketones is 1. The predicted octanol–water partition coefficient (Wildman–Crippen LogP) is 6.13. The van der Waals surface area contributed by atoms with Crippen LogP contribution in [0.15, 0.2) is 22.3 Å². The van der Waals surface area contributed by atoms with Crippen LogP contribution >= 0.6 is 23.2 Å². The molecule has 0 spiro atoms. The van der Waals surface area contributed by atoms with Crippen LogP contribution in [0.25, 0.3) is 0 Å². The number of aromatic nitrogens is 2. The minimum atomic E-state index is -4.92. The summed E-state index contributed by atoms with van der Waals surface area (Å²) in [5.41, 5.74) is -2.76. The van der Waals surface area contributed by atoms with Crippen molar-refractivity contribution in [3.63, 3.8) is 0 Å². The van der Waals surface area contributed by atoms with Crippen LogP contribution in [0.2, 0.25) is 0 Å². The van der Waals surface area contributed by atoms with Crippen molar-refractivity contribution in [3.8, 4) is 0 Å². The van der Waals surface area contributed by atoms with Crippen LogP contribution in [-0.2, 0) is 15.8 Å². The first-order valence-corrected chi connectivity index (χ1v) is 15.0. The standard InChI is InChI=1S/C29H35Cl2F3N4O4/c1-15-28(31,11-16(30)12-35-15)22(39)14-37(18-9-20-21(10-18)26(20,2)3)24(40)19-13-36-38(23(19)29(32,33)34)17-5-7-27(4,8-6-17)25(41)42/h11-13,15,17-18,20-21H,5-10,14H2,1-4H3,(H,41,42)/t15?,17-,18-,20-,21+,27-,28?. The number of fused-ring (bicyclic) bond motifs is 1. The van der Waals surface area contributed by atoms with E-state index in [1.807, 2.05) is 0 Å². The monoisotopic (exact) mass is 630 g/mol. The van der Waals surface area contributed by atoms with Crippen molar-refractivity contribution in [3.05, 3.63) is 28.6 Å². The third kappa shape index (κ3) is 5.18. The zero-order valence-corrected chi connectivity index (χ0v) is 25.4. The number of nitrogens with zero attached hydrogens (tertiary/aromatic N) is 4. The quantitative estimate of drug-likeness (QED) is 0.365. The van der Waals surface area contributed by atoms with Crippen LogP contribution in [0, 0.1) is 22.7 Å². The number of rotatable bonds is 7. The van der Waals surface area contributed by atoms with Crippen LogP contribution in [0.4, 0.5) is 13.2 Å². The first-order chi connectivity index (χ1) is 19.4.